The summed E-state index contributed by atoms with van der Waals surface area (Å²) < 4.78 is 5.00. The van der Waals surface area contributed by atoms with Gasteiger partial charge in [-0.25, -0.2) is 0 Å². The molecule has 1 saturated heterocycles. The number of esters is 1. The third-order valence-corrected chi connectivity index (χ3v) is 4.59. The monoisotopic (exact) mass is 332 g/mol. The second-order valence-corrected chi connectivity index (χ2v) is 7.16. The van der Waals surface area contributed by atoms with Crippen molar-refractivity contribution in [3.05, 3.63) is 29.8 Å². The van der Waals surface area contributed by atoms with Crippen LogP contribution in [0.4, 0.5) is 5.69 Å². The van der Waals surface area contributed by atoms with Crippen LogP contribution >= 0.6 is 0 Å². The molecule has 1 heterocycles. The Bertz CT molecular complexity index is 595. The highest BCUT2D eigenvalue weighted by molar-refractivity contribution is 6.00. The molecule has 0 saturated carbocycles. The smallest absolute Gasteiger partial charge is 0.323 e. The zero-order valence-corrected chi connectivity index (χ0v) is 15.4. The highest BCUT2D eigenvalue weighted by atomic mass is 16.5. The number of aryl methyl sites for hydroxylation is 1. The van der Waals surface area contributed by atoms with Crippen LogP contribution in [0.3, 0.4) is 0 Å². The summed E-state index contributed by atoms with van der Waals surface area (Å²) in [6.45, 7) is 10.4. The Balaban J connectivity index is 2.38. The summed E-state index contributed by atoms with van der Waals surface area (Å²) in [5.41, 5.74) is 2.02. The van der Waals surface area contributed by atoms with Crippen molar-refractivity contribution in [2.24, 2.45) is 11.8 Å². The average molecular weight is 332 g/mol. The van der Waals surface area contributed by atoms with Crippen LogP contribution in [-0.2, 0) is 14.3 Å². The Morgan fingerprint density at radius 3 is 2.21 bits per heavy atom. The van der Waals surface area contributed by atoms with E-state index in [0.29, 0.717) is 6.67 Å². The van der Waals surface area contributed by atoms with Crippen molar-refractivity contribution in [2.45, 2.75) is 46.7 Å². The number of amides is 1. The van der Waals surface area contributed by atoms with Gasteiger partial charge in [-0.2, -0.15) is 0 Å². The van der Waals surface area contributed by atoms with E-state index in [1.807, 2.05) is 63.8 Å². The first-order valence-electron chi connectivity index (χ1n) is 8.49. The highest BCUT2D eigenvalue weighted by Crippen LogP contribution is 2.31. The van der Waals surface area contributed by atoms with E-state index >= 15 is 0 Å². The minimum absolute atomic E-state index is 0.0448. The number of anilines is 1. The van der Waals surface area contributed by atoms with Gasteiger partial charge in [-0.1, -0.05) is 45.4 Å². The zero-order chi connectivity index (χ0) is 18.0. The van der Waals surface area contributed by atoms with E-state index in [0.717, 1.165) is 11.3 Å². The van der Waals surface area contributed by atoms with E-state index in [4.69, 9.17) is 4.74 Å². The van der Waals surface area contributed by atoms with Gasteiger partial charge in [-0.05, 0) is 30.9 Å². The maximum atomic E-state index is 13.0. The molecule has 0 bridgehead atoms. The van der Waals surface area contributed by atoms with Crippen molar-refractivity contribution in [2.75, 3.05) is 18.7 Å². The number of rotatable bonds is 5. The van der Waals surface area contributed by atoms with Gasteiger partial charge in [0, 0.05) is 5.69 Å². The molecule has 0 radical (unpaired) electrons. The van der Waals surface area contributed by atoms with E-state index < -0.39 is 6.04 Å². The fraction of sp³-hybridized carbons (Fsp3) is 0.579. The van der Waals surface area contributed by atoms with Gasteiger partial charge in [0.1, 0.15) is 6.04 Å². The van der Waals surface area contributed by atoms with Gasteiger partial charge >= 0.3 is 5.97 Å². The number of hydrogen-bond acceptors (Lipinski definition) is 4. The van der Waals surface area contributed by atoms with Gasteiger partial charge < -0.3 is 4.74 Å². The number of hydrogen-bond donors (Lipinski definition) is 0. The molecular formula is C19H28N2O3. The molecule has 1 amide bonds. The maximum Gasteiger partial charge on any atom is 0.323 e. The summed E-state index contributed by atoms with van der Waals surface area (Å²) >= 11 is 0. The molecule has 0 aromatic heterocycles. The van der Waals surface area contributed by atoms with Crippen LogP contribution in [0.15, 0.2) is 24.3 Å². The molecule has 0 unspecified atom stereocenters. The van der Waals surface area contributed by atoms with E-state index in [1.54, 1.807) is 4.90 Å². The molecule has 132 valence electrons. The SMILES string of the molecule is COC(=O)[C@@H](C(C)C)N1CN(c2ccc(C)cc2)C(=O)[C@@H]1C(C)C. The molecule has 1 aromatic rings. The van der Waals surface area contributed by atoms with Crippen LogP contribution in [0, 0.1) is 18.8 Å². The van der Waals surface area contributed by atoms with Crippen molar-refractivity contribution < 1.29 is 14.3 Å². The topological polar surface area (TPSA) is 49.9 Å². The lowest BCUT2D eigenvalue weighted by Crippen LogP contribution is -2.50. The van der Waals surface area contributed by atoms with Crippen LogP contribution in [0.5, 0.6) is 0 Å². The highest BCUT2D eigenvalue weighted by Gasteiger charge is 2.47. The standard InChI is InChI=1S/C19H28N2O3/c1-12(2)16-18(22)20(15-9-7-14(5)8-10-15)11-21(16)17(13(3)4)19(23)24-6/h7-10,12-13,16-17H,11H2,1-6H3/t16-,17+/m0/s1. The second-order valence-electron chi connectivity index (χ2n) is 7.16. The Kier molecular flexibility index (Phi) is 5.65. The summed E-state index contributed by atoms with van der Waals surface area (Å²) in [4.78, 5) is 29.1. The van der Waals surface area contributed by atoms with Crippen molar-refractivity contribution in [1.29, 1.82) is 0 Å². The number of carbonyl (C=O) groups is 2. The number of methoxy groups -OCH3 is 1. The molecule has 0 aliphatic carbocycles. The Morgan fingerprint density at radius 1 is 1.17 bits per heavy atom. The van der Waals surface area contributed by atoms with Crippen LogP contribution in [0.25, 0.3) is 0 Å². The predicted molar refractivity (Wildman–Crippen MR) is 94.6 cm³/mol. The normalized spacial score (nSPS) is 20.1. The molecule has 0 N–H and O–H groups in total. The molecule has 5 nitrogen and oxygen atoms in total. The first-order chi connectivity index (χ1) is 11.3. The first kappa shape index (κ1) is 18.5. The molecule has 1 aromatic carbocycles. The summed E-state index contributed by atoms with van der Waals surface area (Å²) in [6.07, 6.45) is 0. The zero-order valence-electron chi connectivity index (χ0n) is 15.4. The number of carbonyl (C=O) groups excluding carboxylic acids is 2. The molecular weight excluding hydrogens is 304 g/mol. The van der Waals surface area contributed by atoms with Crippen LogP contribution in [0.2, 0.25) is 0 Å². The van der Waals surface area contributed by atoms with E-state index in [1.165, 1.54) is 7.11 Å². The maximum absolute atomic E-state index is 13.0. The molecule has 1 aliphatic heterocycles. The van der Waals surface area contributed by atoms with Gasteiger partial charge in [0.2, 0.25) is 5.91 Å². The second kappa shape index (κ2) is 7.34. The molecule has 0 spiro atoms. The molecule has 2 atom stereocenters. The van der Waals surface area contributed by atoms with Crippen molar-refractivity contribution in [3.8, 4) is 0 Å². The predicted octanol–water partition coefficient (Wildman–Crippen LogP) is 2.82. The van der Waals surface area contributed by atoms with Crippen molar-refractivity contribution >= 4 is 17.6 Å². The Hall–Kier alpha value is -1.88. The lowest BCUT2D eigenvalue weighted by atomic mass is 9.97. The minimum Gasteiger partial charge on any atom is -0.468 e. The molecule has 5 heteroatoms. The summed E-state index contributed by atoms with van der Waals surface area (Å²) in [6, 6.07) is 7.15. The first-order valence-corrected chi connectivity index (χ1v) is 8.49. The number of benzene rings is 1. The quantitative estimate of drug-likeness (QED) is 0.778. The molecule has 24 heavy (non-hydrogen) atoms. The van der Waals surface area contributed by atoms with Crippen LogP contribution in [0.1, 0.15) is 33.3 Å². The third-order valence-electron chi connectivity index (χ3n) is 4.59. The Labute approximate surface area is 144 Å². The van der Waals surface area contributed by atoms with Gasteiger partial charge in [-0.15, -0.1) is 0 Å². The number of nitrogens with zero attached hydrogens (tertiary/aromatic N) is 2. The van der Waals surface area contributed by atoms with Crippen LogP contribution < -0.4 is 4.90 Å². The van der Waals surface area contributed by atoms with E-state index in [-0.39, 0.29) is 29.8 Å². The Morgan fingerprint density at radius 2 is 1.75 bits per heavy atom. The van der Waals surface area contributed by atoms with E-state index in [2.05, 4.69) is 0 Å². The van der Waals surface area contributed by atoms with Crippen molar-refractivity contribution in [3.63, 3.8) is 0 Å². The fourth-order valence-electron chi connectivity index (χ4n) is 3.40. The summed E-state index contributed by atoms with van der Waals surface area (Å²) in [7, 11) is 1.40. The van der Waals surface area contributed by atoms with Gasteiger partial charge in [0.25, 0.3) is 0 Å². The van der Waals surface area contributed by atoms with E-state index in [9.17, 15) is 9.59 Å². The largest absolute Gasteiger partial charge is 0.468 e. The average Bonchev–Trinajstić information content (AvgIpc) is 2.85. The summed E-state index contributed by atoms with van der Waals surface area (Å²) in [5, 5.41) is 0. The van der Waals surface area contributed by atoms with Gasteiger partial charge in [0.05, 0.1) is 19.8 Å². The molecule has 1 aliphatic rings. The third kappa shape index (κ3) is 3.46. The minimum atomic E-state index is -0.429. The lowest BCUT2D eigenvalue weighted by Gasteiger charge is -2.33. The van der Waals surface area contributed by atoms with Crippen molar-refractivity contribution in [1.82, 2.24) is 4.90 Å². The lowest BCUT2D eigenvalue weighted by molar-refractivity contribution is -0.149. The van der Waals surface area contributed by atoms with Gasteiger partial charge in [-0.3, -0.25) is 19.4 Å². The number of ether oxygens (including phenoxy) is 1. The fourth-order valence-corrected chi connectivity index (χ4v) is 3.40. The van der Waals surface area contributed by atoms with Crippen LogP contribution in [-0.4, -0.2) is 42.6 Å². The molecule has 1 fully saturated rings. The summed E-state index contributed by atoms with van der Waals surface area (Å²) in [5.74, 6) is -0.0686. The molecule has 2 rings (SSSR count). The van der Waals surface area contributed by atoms with Gasteiger partial charge in [0.15, 0.2) is 0 Å².